The van der Waals surface area contributed by atoms with Crippen LogP contribution in [0, 0.1) is 13.8 Å². The van der Waals surface area contributed by atoms with E-state index in [9.17, 15) is 0 Å². The fraction of sp³-hybridized carbons (Fsp3) is 0.417. The van der Waals surface area contributed by atoms with E-state index in [1.54, 1.807) is 11.5 Å². The van der Waals surface area contributed by atoms with Gasteiger partial charge in [-0.1, -0.05) is 63.1 Å². The van der Waals surface area contributed by atoms with Crippen molar-refractivity contribution in [3.05, 3.63) is 70.1 Å². The first-order chi connectivity index (χ1) is 14.1. The molecule has 0 aliphatic heterocycles. The van der Waals surface area contributed by atoms with E-state index < -0.39 is 0 Å². The quantitative estimate of drug-likeness (QED) is 0.436. The second-order valence-electron chi connectivity index (χ2n) is 7.43. The number of benzene rings is 2. The third-order valence-electron chi connectivity index (χ3n) is 5.00. The Morgan fingerprint density at radius 2 is 1.31 bits per heavy atom. The van der Waals surface area contributed by atoms with Crippen molar-refractivity contribution in [2.75, 3.05) is 0 Å². The highest BCUT2D eigenvalue weighted by atomic mass is 32.1. The first-order valence-corrected chi connectivity index (χ1v) is 11.4. The molecule has 0 N–H and O–H groups in total. The first kappa shape index (κ1) is 21.3. The Bertz CT molecular complexity index is 1070. The lowest BCUT2D eigenvalue weighted by molar-refractivity contribution is 0.551. The molecule has 0 amide bonds. The number of para-hydroxylation sites is 2. The van der Waals surface area contributed by atoms with E-state index >= 15 is 0 Å². The highest BCUT2D eigenvalue weighted by Gasteiger charge is 2.09. The topological polar surface area (TPSA) is 34.6 Å². The summed E-state index contributed by atoms with van der Waals surface area (Å²) in [4.78, 5) is 11.2. The van der Waals surface area contributed by atoms with Crippen molar-refractivity contribution >= 4 is 22.9 Å². The molecule has 0 aliphatic carbocycles. The molecule has 0 saturated carbocycles. The minimum atomic E-state index is 0.932. The summed E-state index contributed by atoms with van der Waals surface area (Å²) in [7, 11) is 0. The SMILES string of the molecule is CCCCn1sc(=Nc2ccccc2C)n(CCCC)c1=Nc1ccccc1C. The van der Waals surface area contributed by atoms with E-state index in [-0.39, 0.29) is 0 Å². The Hall–Kier alpha value is -2.40. The van der Waals surface area contributed by atoms with Gasteiger partial charge in [0, 0.05) is 13.1 Å². The van der Waals surface area contributed by atoms with Gasteiger partial charge >= 0.3 is 0 Å². The van der Waals surface area contributed by atoms with Crippen LogP contribution in [0.25, 0.3) is 0 Å². The van der Waals surface area contributed by atoms with Gasteiger partial charge in [0.2, 0.25) is 10.4 Å². The van der Waals surface area contributed by atoms with E-state index in [1.807, 2.05) is 0 Å². The number of nitrogens with zero attached hydrogens (tertiary/aromatic N) is 4. The zero-order chi connectivity index (χ0) is 20.6. The van der Waals surface area contributed by atoms with Crippen LogP contribution in [0.2, 0.25) is 0 Å². The molecule has 5 heteroatoms. The summed E-state index contributed by atoms with van der Waals surface area (Å²) in [6.45, 7) is 10.6. The van der Waals surface area contributed by atoms with Crippen LogP contribution in [-0.2, 0) is 13.1 Å². The summed E-state index contributed by atoms with van der Waals surface area (Å²) >= 11 is 1.72. The zero-order valence-corrected chi connectivity index (χ0v) is 18.9. The van der Waals surface area contributed by atoms with E-state index in [0.29, 0.717) is 0 Å². The lowest BCUT2D eigenvalue weighted by Gasteiger charge is -2.05. The second-order valence-corrected chi connectivity index (χ2v) is 8.42. The number of unbranched alkanes of at least 4 members (excludes halogenated alkanes) is 2. The van der Waals surface area contributed by atoms with Gasteiger partial charge in [0.05, 0.1) is 11.4 Å². The molecular formula is C24H32N4S. The molecule has 0 spiro atoms. The lowest BCUT2D eigenvalue weighted by Crippen LogP contribution is -2.31. The minimum Gasteiger partial charge on any atom is -0.286 e. The number of rotatable bonds is 8. The molecule has 29 heavy (non-hydrogen) atoms. The van der Waals surface area contributed by atoms with Crippen LogP contribution in [-0.4, -0.2) is 8.52 Å². The molecule has 3 aromatic rings. The Morgan fingerprint density at radius 3 is 1.90 bits per heavy atom. The number of aromatic nitrogens is 2. The molecule has 1 aromatic heterocycles. The Balaban J connectivity index is 2.25. The predicted molar refractivity (Wildman–Crippen MR) is 123 cm³/mol. The molecule has 0 aliphatic rings. The molecule has 0 fully saturated rings. The van der Waals surface area contributed by atoms with Gasteiger partial charge in [-0.05, 0) is 61.5 Å². The monoisotopic (exact) mass is 408 g/mol. The van der Waals surface area contributed by atoms with Crippen molar-refractivity contribution in [1.82, 2.24) is 8.52 Å². The minimum absolute atomic E-state index is 0.932. The molecule has 154 valence electrons. The Kier molecular flexibility index (Phi) is 7.64. The van der Waals surface area contributed by atoms with Gasteiger partial charge < -0.3 is 0 Å². The maximum Gasteiger partial charge on any atom is 0.222 e. The van der Waals surface area contributed by atoms with Gasteiger partial charge in [-0.15, -0.1) is 0 Å². The van der Waals surface area contributed by atoms with Crippen LogP contribution in [0.5, 0.6) is 0 Å². The standard InChI is InChI=1S/C24H32N4S/c1-5-7-17-27-23(25-21-15-11-9-13-19(21)3)28(18-8-6-2)29-24(27)26-22-16-12-10-14-20(22)4/h9-16H,5-8,17-18H2,1-4H3. The lowest BCUT2D eigenvalue weighted by atomic mass is 10.2. The van der Waals surface area contributed by atoms with Crippen molar-refractivity contribution in [3.63, 3.8) is 0 Å². The Labute approximate surface area is 178 Å². The zero-order valence-electron chi connectivity index (χ0n) is 18.1. The molecule has 0 unspecified atom stereocenters. The van der Waals surface area contributed by atoms with Crippen molar-refractivity contribution in [2.24, 2.45) is 9.98 Å². The van der Waals surface area contributed by atoms with Gasteiger partial charge in [0.25, 0.3) is 0 Å². The van der Waals surface area contributed by atoms with Crippen molar-refractivity contribution in [3.8, 4) is 0 Å². The number of hydrogen-bond donors (Lipinski definition) is 0. The number of hydrogen-bond acceptors (Lipinski definition) is 3. The molecule has 3 rings (SSSR count). The predicted octanol–water partition coefficient (Wildman–Crippen LogP) is 6.03. The van der Waals surface area contributed by atoms with Crippen LogP contribution in [0.1, 0.15) is 50.7 Å². The third-order valence-corrected chi connectivity index (χ3v) is 6.05. The van der Waals surface area contributed by atoms with Gasteiger partial charge in [-0.2, -0.15) is 0 Å². The molecule has 0 radical (unpaired) electrons. The summed E-state index contributed by atoms with van der Waals surface area (Å²) in [6, 6.07) is 16.7. The molecule has 1 heterocycles. The van der Waals surface area contributed by atoms with E-state index in [4.69, 9.17) is 9.98 Å². The van der Waals surface area contributed by atoms with Crippen LogP contribution < -0.4 is 10.4 Å². The maximum atomic E-state index is 5.11. The fourth-order valence-corrected chi connectivity index (χ4v) is 4.20. The fourth-order valence-electron chi connectivity index (χ4n) is 3.15. The molecule has 0 bridgehead atoms. The average molecular weight is 409 g/mol. The molecule has 0 saturated heterocycles. The summed E-state index contributed by atoms with van der Waals surface area (Å²) in [5.41, 5.74) is 5.46. The molecular weight excluding hydrogens is 376 g/mol. The normalized spacial score (nSPS) is 12.7. The second kappa shape index (κ2) is 10.4. The van der Waals surface area contributed by atoms with Crippen molar-refractivity contribution < 1.29 is 0 Å². The highest BCUT2D eigenvalue weighted by molar-refractivity contribution is 7.03. The highest BCUT2D eigenvalue weighted by Crippen LogP contribution is 2.18. The number of aryl methyl sites for hydroxylation is 3. The first-order valence-electron chi connectivity index (χ1n) is 10.7. The maximum absolute atomic E-state index is 5.11. The average Bonchev–Trinajstić information content (AvgIpc) is 3.04. The van der Waals surface area contributed by atoms with Gasteiger partial charge in [0.15, 0.2) is 0 Å². The van der Waals surface area contributed by atoms with Crippen molar-refractivity contribution in [2.45, 2.75) is 66.5 Å². The smallest absolute Gasteiger partial charge is 0.222 e. The van der Waals surface area contributed by atoms with Crippen LogP contribution >= 0.6 is 11.5 Å². The van der Waals surface area contributed by atoms with E-state index in [2.05, 4.69) is 84.7 Å². The molecule has 2 aromatic carbocycles. The summed E-state index contributed by atoms with van der Waals surface area (Å²) in [5, 5.41) is 0. The van der Waals surface area contributed by atoms with Crippen LogP contribution in [0.4, 0.5) is 11.4 Å². The molecule has 4 nitrogen and oxygen atoms in total. The van der Waals surface area contributed by atoms with E-state index in [1.165, 1.54) is 11.1 Å². The molecule has 0 atom stereocenters. The van der Waals surface area contributed by atoms with Gasteiger partial charge in [0.1, 0.15) is 0 Å². The van der Waals surface area contributed by atoms with Gasteiger partial charge in [-0.3, -0.25) is 8.52 Å². The van der Waals surface area contributed by atoms with Gasteiger partial charge in [-0.25, -0.2) is 9.98 Å². The third kappa shape index (κ3) is 5.36. The van der Waals surface area contributed by atoms with Crippen molar-refractivity contribution in [1.29, 1.82) is 0 Å². The summed E-state index contributed by atoms with van der Waals surface area (Å²) in [6.07, 6.45) is 4.56. The largest absolute Gasteiger partial charge is 0.286 e. The van der Waals surface area contributed by atoms with E-state index in [0.717, 1.165) is 60.6 Å². The Morgan fingerprint density at radius 1 is 0.759 bits per heavy atom. The summed E-state index contributed by atoms with van der Waals surface area (Å²) < 4.78 is 4.63. The summed E-state index contributed by atoms with van der Waals surface area (Å²) in [5.74, 6) is 0. The van der Waals surface area contributed by atoms with Crippen LogP contribution in [0.3, 0.4) is 0 Å². The van der Waals surface area contributed by atoms with Crippen LogP contribution in [0.15, 0.2) is 58.5 Å².